The molecule has 0 fully saturated rings. The molecule has 0 atom stereocenters. The van der Waals surface area contributed by atoms with Gasteiger partial charge in [0.15, 0.2) is 0 Å². The fraction of sp³-hybridized carbons (Fsp3) is 0.103. The summed E-state index contributed by atoms with van der Waals surface area (Å²) in [5, 5.41) is 8.60. The summed E-state index contributed by atoms with van der Waals surface area (Å²) in [6.07, 6.45) is 3.53. The molecule has 0 aliphatic heterocycles. The minimum atomic E-state index is -0.279. The average molecular weight is 467 g/mol. The third-order valence-electron chi connectivity index (χ3n) is 6.23. The van der Waals surface area contributed by atoms with E-state index in [-0.39, 0.29) is 17.0 Å². The Morgan fingerprint density at radius 3 is 1.40 bits per heavy atom. The van der Waals surface area contributed by atoms with Gasteiger partial charge < -0.3 is 0 Å². The summed E-state index contributed by atoms with van der Waals surface area (Å²) >= 11 is 0. The van der Waals surface area contributed by atoms with Gasteiger partial charge in [-0.15, -0.1) is 0 Å². The quantitative estimate of drug-likeness (QED) is 0.234. The molecule has 174 valence electrons. The zero-order valence-corrected chi connectivity index (χ0v) is 19.4. The van der Waals surface area contributed by atoms with Crippen molar-refractivity contribution < 1.29 is 8.78 Å². The van der Waals surface area contributed by atoms with E-state index < -0.39 is 0 Å². The Kier molecular flexibility index (Phi) is 5.87. The topological polar surface area (TPSA) is 48.8 Å². The number of anilines is 2. The number of benzene rings is 4. The molecular formula is C29H24F2N4. The third-order valence-corrected chi connectivity index (χ3v) is 6.23. The lowest BCUT2D eigenvalue weighted by Crippen LogP contribution is -2.15. The van der Waals surface area contributed by atoms with Gasteiger partial charge in [0.25, 0.3) is 0 Å². The van der Waals surface area contributed by atoms with Gasteiger partial charge in [-0.3, -0.25) is 10.9 Å². The summed E-state index contributed by atoms with van der Waals surface area (Å²) in [7, 11) is 0. The van der Waals surface area contributed by atoms with Gasteiger partial charge in [-0.1, -0.05) is 38.1 Å². The normalized spacial score (nSPS) is 13.7. The summed E-state index contributed by atoms with van der Waals surface area (Å²) in [5.41, 5.74) is 14.0. The number of hydrazone groups is 2. The molecular weight excluding hydrogens is 442 g/mol. The van der Waals surface area contributed by atoms with Crippen molar-refractivity contribution in [3.63, 3.8) is 0 Å². The molecule has 2 N–H and O–H groups in total. The van der Waals surface area contributed by atoms with E-state index in [0.717, 1.165) is 22.5 Å². The first-order valence-electron chi connectivity index (χ1n) is 11.3. The van der Waals surface area contributed by atoms with E-state index in [2.05, 4.69) is 59.2 Å². The van der Waals surface area contributed by atoms with Gasteiger partial charge in [0.1, 0.15) is 11.6 Å². The van der Waals surface area contributed by atoms with Crippen LogP contribution < -0.4 is 10.9 Å². The molecule has 0 amide bonds. The van der Waals surface area contributed by atoms with Crippen LogP contribution in [-0.4, -0.2) is 12.4 Å². The minimum absolute atomic E-state index is 0.187. The van der Waals surface area contributed by atoms with Gasteiger partial charge in [0.05, 0.1) is 23.8 Å². The minimum Gasteiger partial charge on any atom is -0.279 e. The van der Waals surface area contributed by atoms with Crippen molar-refractivity contribution in [2.75, 3.05) is 10.9 Å². The standard InChI is InChI=1S/C29H24F2N4/c1-29(2)27-15-19(17-32-34-23-9-5-21(30)6-10-23)3-13-25(27)26-14-4-20(16-28(26)29)18-33-35-24-11-7-22(31)8-12-24/h3-18,34-35H,1-2H3/b32-17+,33-18+. The summed E-state index contributed by atoms with van der Waals surface area (Å²) in [6.45, 7) is 4.43. The number of nitrogens with one attached hydrogen (secondary N) is 2. The van der Waals surface area contributed by atoms with Gasteiger partial charge in [0.2, 0.25) is 0 Å². The van der Waals surface area contributed by atoms with E-state index in [1.165, 1.54) is 46.5 Å². The molecule has 35 heavy (non-hydrogen) atoms. The van der Waals surface area contributed by atoms with Crippen LogP contribution in [-0.2, 0) is 5.41 Å². The third kappa shape index (κ3) is 4.68. The van der Waals surface area contributed by atoms with Crippen LogP contribution in [0.4, 0.5) is 20.2 Å². The van der Waals surface area contributed by atoms with Crippen LogP contribution in [0.2, 0.25) is 0 Å². The molecule has 0 saturated heterocycles. The zero-order valence-electron chi connectivity index (χ0n) is 19.4. The first-order valence-corrected chi connectivity index (χ1v) is 11.3. The van der Waals surface area contributed by atoms with Crippen molar-refractivity contribution in [3.05, 3.63) is 119 Å². The Hall–Kier alpha value is -4.32. The molecule has 0 unspecified atom stereocenters. The second-order valence-electron chi connectivity index (χ2n) is 8.99. The highest BCUT2D eigenvalue weighted by Crippen LogP contribution is 2.48. The van der Waals surface area contributed by atoms with Crippen LogP contribution in [0.3, 0.4) is 0 Å². The van der Waals surface area contributed by atoms with Crippen molar-refractivity contribution in [3.8, 4) is 11.1 Å². The van der Waals surface area contributed by atoms with Crippen molar-refractivity contribution in [2.45, 2.75) is 19.3 Å². The Labute approximate surface area is 203 Å². The van der Waals surface area contributed by atoms with E-state index in [4.69, 9.17) is 0 Å². The Balaban J connectivity index is 1.34. The number of halogens is 2. The highest BCUT2D eigenvalue weighted by atomic mass is 19.1. The predicted molar refractivity (Wildman–Crippen MR) is 139 cm³/mol. The van der Waals surface area contributed by atoms with E-state index in [1.807, 2.05) is 12.1 Å². The van der Waals surface area contributed by atoms with Crippen LogP contribution in [0.1, 0.15) is 36.1 Å². The maximum absolute atomic E-state index is 13.1. The molecule has 4 nitrogen and oxygen atoms in total. The van der Waals surface area contributed by atoms with Crippen molar-refractivity contribution in [1.82, 2.24) is 0 Å². The number of rotatable bonds is 6. The maximum atomic E-state index is 13.1. The highest BCUT2D eigenvalue weighted by Gasteiger charge is 2.35. The fourth-order valence-corrected chi connectivity index (χ4v) is 4.34. The van der Waals surface area contributed by atoms with Gasteiger partial charge in [-0.25, -0.2) is 8.78 Å². The fourth-order valence-electron chi connectivity index (χ4n) is 4.34. The zero-order chi connectivity index (χ0) is 24.4. The predicted octanol–water partition coefficient (Wildman–Crippen LogP) is 7.16. The molecule has 0 heterocycles. The lowest BCUT2D eigenvalue weighted by molar-refractivity contribution is 0.627. The molecule has 4 aromatic carbocycles. The van der Waals surface area contributed by atoms with Crippen LogP contribution >= 0.6 is 0 Å². The maximum Gasteiger partial charge on any atom is 0.123 e. The van der Waals surface area contributed by atoms with Crippen LogP contribution in [0, 0.1) is 11.6 Å². The van der Waals surface area contributed by atoms with Crippen molar-refractivity contribution in [2.24, 2.45) is 10.2 Å². The van der Waals surface area contributed by atoms with Gasteiger partial charge in [0, 0.05) is 5.41 Å². The van der Waals surface area contributed by atoms with Crippen molar-refractivity contribution in [1.29, 1.82) is 0 Å². The smallest absolute Gasteiger partial charge is 0.123 e. The SMILES string of the molecule is CC1(C)c2cc(/C=N/Nc3ccc(F)cc3)ccc2-c2ccc(/C=N/Nc3ccc(F)cc3)cc21. The summed E-state index contributed by atoms with van der Waals surface area (Å²) in [6, 6.07) is 24.8. The molecule has 5 rings (SSSR count). The van der Waals surface area contributed by atoms with Crippen LogP contribution in [0.25, 0.3) is 11.1 Å². The monoisotopic (exact) mass is 466 g/mol. The lowest BCUT2D eigenvalue weighted by Gasteiger charge is -2.22. The van der Waals surface area contributed by atoms with Crippen molar-refractivity contribution >= 4 is 23.8 Å². The number of fused-ring (bicyclic) bond motifs is 3. The summed E-state index contributed by atoms with van der Waals surface area (Å²) < 4.78 is 26.1. The van der Waals surface area contributed by atoms with E-state index in [0.29, 0.717) is 0 Å². The van der Waals surface area contributed by atoms with E-state index in [9.17, 15) is 8.78 Å². The Bertz CT molecular complexity index is 1310. The van der Waals surface area contributed by atoms with E-state index >= 15 is 0 Å². The molecule has 0 spiro atoms. The molecule has 0 bridgehead atoms. The second-order valence-corrected chi connectivity index (χ2v) is 8.99. The molecule has 0 aromatic heterocycles. The van der Waals surface area contributed by atoms with Gasteiger partial charge >= 0.3 is 0 Å². The molecule has 1 aliphatic rings. The number of nitrogens with zero attached hydrogens (tertiary/aromatic N) is 2. The summed E-state index contributed by atoms with van der Waals surface area (Å²) in [5.74, 6) is -0.558. The van der Waals surface area contributed by atoms with Crippen LogP contribution in [0.15, 0.2) is 95.1 Å². The molecule has 0 radical (unpaired) electrons. The molecule has 6 heteroatoms. The molecule has 1 aliphatic carbocycles. The Morgan fingerprint density at radius 1 is 0.600 bits per heavy atom. The van der Waals surface area contributed by atoms with Gasteiger partial charge in [-0.05, 0) is 94.0 Å². The largest absolute Gasteiger partial charge is 0.279 e. The van der Waals surface area contributed by atoms with Crippen LogP contribution in [0.5, 0.6) is 0 Å². The average Bonchev–Trinajstić information content (AvgIpc) is 3.08. The van der Waals surface area contributed by atoms with E-state index in [1.54, 1.807) is 36.7 Å². The molecule has 0 saturated carbocycles. The highest BCUT2D eigenvalue weighted by molar-refractivity contribution is 5.89. The number of hydrogen-bond acceptors (Lipinski definition) is 4. The number of hydrogen-bond donors (Lipinski definition) is 2. The first kappa shape index (κ1) is 22.5. The summed E-state index contributed by atoms with van der Waals surface area (Å²) in [4.78, 5) is 0. The van der Waals surface area contributed by atoms with Gasteiger partial charge in [-0.2, -0.15) is 10.2 Å². The second kappa shape index (κ2) is 9.14. The first-order chi connectivity index (χ1) is 16.9. The lowest BCUT2D eigenvalue weighted by atomic mass is 9.81. The Morgan fingerprint density at radius 2 is 1.00 bits per heavy atom. The molecule has 4 aromatic rings.